The maximum absolute atomic E-state index is 11.4. The summed E-state index contributed by atoms with van der Waals surface area (Å²) in [5.41, 5.74) is 0. The smallest absolute Gasteiger partial charge is 0.307 e. The largest absolute Gasteiger partial charge is 0.481 e. The van der Waals surface area contributed by atoms with Crippen molar-refractivity contribution in [1.82, 2.24) is 5.32 Å². The molecule has 1 amide bonds. The van der Waals surface area contributed by atoms with Gasteiger partial charge >= 0.3 is 5.97 Å². The van der Waals surface area contributed by atoms with Gasteiger partial charge < -0.3 is 10.4 Å². The van der Waals surface area contributed by atoms with E-state index in [0.717, 1.165) is 0 Å². The van der Waals surface area contributed by atoms with Crippen molar-refractivity contribution >= 4 is 11.9 Å². The lowest BCUT2D eigenvalue weighted by Gasteiger charge is -2.16. The van der Waals surface area contributed by atoms with Crippen LogP contribution >= 0.6 is 0 Å². The first-order chi connectivity index (χ1) is 6.36. The van der Waals surface area contributed by atoms with Gasteiger partial charge in [-0.2, -0.15) is 0 Å². The van der Waals surface area contributed by atoms with Crippen molar-refractivity contribution in [2.24, 2.45) is 17.8 Å². The van der Waals surface area contributed by atoms with Gasteiger partial charge in [-0.25, -0.2) is 0 Å². The monoisotopic (exact) mass is 201 g/mol. The Morgan fingerprint density at radius 3 is 2.00 bits per heavy atom. The molecule has 0 aliphatic heterocycles. The second-order valence-electron chi connectivity index (χ2n) is 4.05. The molecule has 14 heavy (non-hydrogen) atoms. The topological polar surface area (TPSA) is 66.4 Å². The Balaban J connectivity index is 4.05. The van der Waals surface area contributed by atoms with Crippen LogP contribution < -0.4 is 5.32 Å². The van der Waals surface area contributed by atoms with Crippen molar-refractivity contribution < 1.29 is 14.7 Å². The third-order valence-corrected chi connectivity index (χ3v) is 2.24. The van der Waals surface area contributed by atoms with Crippen LogP contribution in [0.5, 0.6) is 0 Å². The van der Waals surface area contributed by atoms with Crippen molar-refractivity contribution in [3.05, 3.63) is 0 Å². The fraction of sp³-hybridized carbons (Fsp3) is 0.800. The van der Waals surface area contributed by atoms with Gasteiger partial charge in [0.15, 0.2) is 0 Å². The number of hydrogen-bond donors (Lipinski definition) is 2. The molecule has 0 aromatic heterocycles. The van der Waals surface area contributed by atoms with Crippen LogP contribution in [0.1, 0.15) is 27.7 Å². The molecule has 2 N–H and O–H groups in total. The Morgan fingerprint density at radius 1 is 1.14 bits per heavy atom. The zero-order chi connectivity index (χ0) is 11.3. The minimum atomic E-state index is -0.933. The van der Waals surface area contributed by atoms with Crippen molar-refractivity contribution in [2.75, 3.05) is 6.54 Å². The van der Waals surface area contributed by atoms with Gasteiger partial charge in [-0.15, -0.1) is 0 Å². The van der Waals surface area contributed by atoms with Crippen LogP contribution in [-0.4, -0.2) is 23.5 Å². The first kappa shape index (κ1) is 12.9. The molecule has 0 spiro atoms. The van der Waals surface area contributed by atoms with Gasteiger partial charge in [0, 0.05) is 12.5 Å². The Hall–Kier alpha value is -1.06. The lowest BCUT2D eigenvalue weighted by Crippen LogP contribution is -2.36. The van der Waals surface area contributed by atoms with Gasteiger partial charge in [0.1, 0.15) is 0 Å². The van der Waals surface area contributed by atoms with E-state index in [-0.39, 0.29) is 5.91 Å². The number of aliphatic carboxylic acids is 1. The molecule has 0 aromatic rings. The van der Waals surface area contributed by atoms with E-state index in [0.29, 0.717) is 12.5 Å². The van der Waals surface area contributed by atoms with Crippen LogP contribution in [0.25, 0.3) is 0 Å². The van der Waals surface area contributed by atoms with Crippen LogP contribution in [0.4, 0.5) is 0 Å². The van der Waals surface area contributed by atoms with E-state index in [1.807, 2.05) is 13.8 Å². The number of nitrogens with one attached hydrogen (secondary N) is 1. The van der Waals surface area contributed by atoms with Crippen LogP contribution in [-0.2, 0) is 9.59 Å². The molecule has 4 heteroatoms. The highest BCUT2D eigenvalue weighted by Gasteiger charge is 2.25. The fourth-order valence-corrected chi connectivity index (χ4v) is 0.907. The van der Waals surface area contributed by atoms with E-state index in [4.69, 9.17) is 5.11 Å². The molecular formula is C10H19NO3. The maximum Gasteiger partial charge on any atom is 0.307 e. The summed E-state index contributed by atoms with van der Waals surface area (Å²) in [7, 11) is 0. The van der Waals surface area contributed by atoms with Crippen molar-refractivity contribution in [3.8, 4) is 0 Å². The average Bonchev–Trinajstić information content (AvgIpc) is 2.11. The standard InChI is InChI=1S/C10H19NO3/c1-6(2)5-11-9(12)7(3)8(4)10(13)14/h6-8H,5H2,1-4H3,(H,11,12)(H,13,14). The number of carboxylic acids is 1. The van der Waals surface area contributed by atoms with Gasteiger partial charge in [-0.1, -0.05) is 27.7 Å². The predicted octanol–water partition coefficient (Wildman–Crippen LogP) is 1.12. The number of amides is 1. The molecule has 0 fully saturated rings. The highest BCUT2D eigenvalue weighted by Crippen LogP contribution is 2.10. The molecule has 82 valence electrons. The molecule has 0 bridgehead atoms. The maximum atomic E-state index is 11.4. The summed E-state index contributed by atoms with van der Waals surface area (Å²) in [6.45, 7) is 7.75. The summed E-state index contributed by atoms with van der Waals surface area (Å²) >= 11 is 0. The first-order valence-corrected chi connectivity index (χ1v) is 4.86. The van der Waals surface area contributed by atoms with Gasteiger partial charge in [-0.3, -0.25) is 9.59 Å². The molecule has 0 saturated heterocycles. The molecule has 2 atom stereocenters. The molecule has 0 radical (unpaired) electrons. The molecule has 0 rings (SSSR count). The number of carbonyl (C=O) groups excluding carboxylic acids is 1. The molecule has 0 saturated carbocycles. The highest BCUT2D eigenvalue weighted by atomic mass is 16.4. The second-order valence-corrected chi connectivity index (χ2v) is 4.05. The SMILES string of the molecule is CC(C)CNC(=O)C(C)C(C)C(=O)O. The summed E-state index contributed by atoms with van der Waals surface area (Å²) < 4.78 is 0. The predicted molar refractivity (Wildman–Crippen MR) is 53.8 cm³/mol. The Labute approximate surface area is 84.7 Å². The number of rotatable bonds is 5. The molecule has 4 nitrogen and oxygen atoms in total. The third-order valence-electron chi connectivity index (χ3n) is 2.24. The Bertz CT molecular complexity index is 213. The van der Waals surface area contributed by atoms with Crippen LogP contribution in [0.2, 0.25) is 0 Å². The second kappa shape index (κ2) is 5.62. The van der Waals surface area contributed by atoms with Crippen molar-refractivity contribution in [3.63, 3.8) is 0 Å². The molecular weight excluding hydrogens is 182 g/mol. The number of carboxylic acid groups (broad SMARTS) is 1. The number of hydrogen-bond acceptors (Lipinski definition) is 2. The van der Waals surface area contributed by atoms with E-state index >= 15 is 0 Å². The average molecular weight is 201 g/mol. The van der Waals surface area contributed by atoms with E-state index in [1.54, 1.807) is 13.8 Å². The molecule has 0 aromatic carbocycles. The summed E-state index contributed by atoms with van der Waals surface area (Å²) in [6.07, 6.45) is 0. The molecule has 0 heterocycles. The highest BCUT2D eigenvalue weighted by molar-refractivity contribution is 5.84. The van der Waals surface area contributed by atoms with Gasteiger partial charge in [0.25, 0.3) is 0 Å². The Kier molecular flexibility index (Phi) is 5.20. The zero-order valence-electron chi connectivity index (χ0n) is 9.20. The molecule has 0 aliphatic rings. The van der Waals surface area contributed by atoms with E-state index in [9.17, 15) is 9.59 Å². The van der Waals surface area contributed by atoms with Gasteiger partial charge in [0.2, 0.25) is 5.91 Å². The minimum absolute atomic E-state index is 0.186. The van der Waals surface area contributed by atoms with Crippen LogP contribution in [0.3, 0.4) is 0 Å². The van der Waals surface area contributed by atoms with Crippen molar-refractivity contribution in [1.29, 1.82) is 0 Å². The van der Waals surface area contributed by atoms with Crippen LogP contribution in [0.15, 0.2) is 0 Å². The first-order valence-electron chi connectivity index (χ1n) is 4.86. The van der Waals surface area contributed by atoms with E-state index in [2.05, 4.69) is 5.32 Å². The summed E-state index contributed by atoms with van der Waals surface area (Å²) in [5, 5.41) is 11.4. The normalized spacial score (nSPS) is 14.9. The lowest BCUT2D eigenvalue weighted by atomic mass is 9.95. The zero-order valence-corrected chi connectivity index (χ0v) is 9.20. The van der Waals surface area contributed by atoms with Gasteiger partial charge in [-0.05, 0) is 5.92 Å². The summed E-state index contributed by atoms with van der Waals surface area (Å²) in [6, 6.07) is 0. The fourth-order valence-electron chi connectivity index (χ4n) is 0.907. The van der Waals surface area contributed by atoms with E-state index in [1.165, 1.54) is 0 Å². The molecule has 2 unspecified atom stereocenters. The summed E-state index contributed by atoms with van der Waals surface area (Å²) in [4.78, 5) is 22.0. The van der Waals surface area contributed by atoms with E-state index < -0.39 is 17.8 Å². The third kappa shape index (κ3) is 4.25. The summed E-state index contributed by atoms with van der Waals surface area (Å²) in [5.74, 6) is -1.86. The quantitative estimate of drug-likeness (QED) is 0.700. The minimum Gasteiger partial charge on any atom is -0.481 e. The molecule has 0 aliphatic carbocycles. The lowest BCUT2D eigenvalue weighted by molar-refractivity contribution is -0.146. The Morgan fingerprint density at radius 2 is 1.64 bits per heavy atom. The van der Waals surface area contributed by atoms with Crippen molar-refractivity contribution in [2.45, 2.75) is 27.7 Å². The van der Waals surface area contributed by atoms with Crippen LogP contribution in [0, 0.1) is 17.8 Å². The number of carbonyl (C=O) groups is 2. The van der Waals surface area contributed by atoms with Gasteiger partial charge in [0.05, 0.1) is 5.92 Å².